The van der Waals surface area contributed by atoms with Crippen LogP contribution in [0.15, 0.2) is 18.2 Å². The summed E-state index contributed by atoms with van der Waals surface area (Å²) in [7, 11) is 5.40. The number of hydrogen-bond acceptors (Lipinski definition) is 4. The topological polar surface area (TPSA) is 47.7 Å². The van der Waals surface area contributed by atoms with E-state index in [0.29, 0.717) is 12.5 Å². The second kappa shape index (κ2) is 7.11. The number of anilines is 1. The van der Waals surface area contributed by atoms with E-state index in [1.54, 1.807) is 14.2 Å². The Bertz CT molecular complexity index is 365. The van der Waals surface area contributed by atoms with Crippen molar-refractivity contribution in [2.45, 2.75) is 13.3 Å². The molecule has 1 rings (SSSR count). The average molecular weight is 252 g/mol. The highest BCUT2D eigenvalue weighted by Gasteiger charge is 2.13. The fraction of sp³-hybridized carbons (Fsp3) is 0.571. The predicted molar refractivity (Wildman–Crippen MR) is 75.7 cm³/mol. The third-order valence-electron chi connectivity index (χ3n) is 3.24. The summed E-state index contributed by atoms with van der Waals surface area (Å²) in [4.78, 5) is 2.17. The molecule has 4 nitrogen and oxygen atoms in total. The number of nitrogens with zero attached hydrogens (tertiary/aromatic N) is 1. The van der Waals surface area contributed by atoms with Crippen LogP contribution in [-0.4, -0.2) is 34.4 Å². The van der Waals surface area contributed by atoms with Crippen LogP contribution in [0.5, 0.6) is 11.5 Å². The standard InChI is InChI=1S/C14H24N2O2/c1-5-11(9-15)10-16(2)13-8-12(17-3)6-7-14(13)18-4/h6-8,11H,5,9-10,15H2,1-4H3. The molecule has 102 valence electrons. The van der Waals surface area contributed by atoms with Crippen molar-refractivity contribution < 1.29 is 9.47 Å². The Kier molecular flexibility index (Phi) is 5.78. The van der Waals surface area contributed by atoms with Crippen molar-refractivity contribution in [3.63, 3.8) is 0 Å². The van der Waals surface area contributed by atoms with Gasteiger partial charge in [-0.1, -0.05) is 13.3 Å². The molecule has 2 N–H and O–H groups in total. The lowest BCUT2D eigenvalue weighted by atomic mass is 10.1. The maximum Gasteiger partial charge on any atom is 0.142 e. The van der Waals surface area contributed by atoms with Crippen molar-refractivity contribution in [1.82, 2.24) is 0 Å². The van der Waals surface area contributed by atoms with Gasteiger partial charge in [0.25, 0.3) is 0 Å². The normalized spacial score (nSPS) is 12.1. The Morgan fingerprint density at radius 2 is 2.00 bits per heavy atom. The molecule has 1 aromatic rings. The lowest BCUT2D eigenvalue weighted by Gasteiger charge is -2.26. The minimum absolute atomic E-state index is 0.492. The monoisotopic (exact) mass is 252 g/mol. The smallest absolute Gasteiger partial charge is 0.142 e. The van der Waals surface area contributed by atoms with Gasteiger partial charge in [-0.2, -0.15) is 0 Å². The Balaban J connectivity index is 2.91. The first kappa shape index (κ1) is 14.6. The molecule has 0 aromatic heterocycles. The first-order chi connectivity index (χ1) is 8.65. The molecule has 0 saturated heterocycles. The van der Waals surface area contributed by atoms with Gasteiger partial charge in [-0.05, 0) is 24.6 Å². The van der Waals surface area contributed by atoms with Gasteiger partial charge in [0.05, 0.1) is 19.9 Å². The quantitative estimate of drug-likeness (QED) is 0.807. The van der Waals surface area contributed by atoms with Gasteiger partial charge in [0.1, 0.15) is 11.5 Å². The molecule has 1 atom stereocenters. The highest BCUT2D eigenvalue weighted by atomic mass is 16.5. The third-order valence-corrected chi connectivity index (χ3v) is 3.24. The minimum Gasteiger partial charge on any atom is -0.497 e. The van der Waals surface area contributed by atoms with Crippen LogP contribution in [0, 0.1) is 5.92 Å². The molecular formula is C14H24N2O2. The average Bonchev–Trinajstić information content (AvgIpc) is 2.43. The number of methoxy groups -OCH3 is 2. The summed E-state index contributed by atoms with van der Waals surface area (Å²) in [5, 5.41) is 0. The van der Waals surface area contributed by atoms with Gasteiger partial charge in [-0.3, -0.25) is 0 Å². The van der Waals surface area contributed by atoms with E-state index in [1.165, 1.54) is 0 Å². The molecule has 1 unspecified atom stereocenters. The fourth-order valence-corrected chi connectivity index (χ4v) is 1.95. The van der Waals surface area contributed by atoms with Crippen LogP contribution in [0.25, 0.3) is 0 Å². The molecule has 0 aliphatic rings. The third kappa shape index (κ3) is 3.53. The van der Waals surface area contributed by atoms with Crippen molar-refractivity contribution in [2.24, 2.45) is 11.7 Å². The predicted octanol–water partition coefficient (Wildman–Crippen LogP) is 2.12. The van der Waals surface area contributed by atoms with Crippen molar-refractivity contribution in [3.8, 4) is 11.5 Å². The second-order valence-electron chi connectivity index (χ2n) is 4.43. The van der Waals surface area contributed by atoms with Crippen molar-refractivity contribution in [2.75, 3.05) is 39.3 Å². The van der Waals surface area contributed by atoms with Gasteiger partial charge in [0, 0.05) is 19.7 Å². The molecule has 0 fully saturated rings. The number of hydrogen-bond donors (Lipinski definition) is 1. The van der Waals surface area contributed by atoms with E-state index in [4.69, 9.17) is 15.2 Å². The van der Waals surface area contributed by atoms with Crippen molar-refractivity contribution >= 4 is 5.69 Å². The highest BCUT2D eigenvalue weighted by Crippen LogP contribution is 2.32. The fourth-order valence-electron chi connectivity index (χ4n) is 1.95. The molecule has 0 aliphatic heterocycles. The van der Waals surface area contributed by atoms with Crippen molar-refractivity contribution in [3.05, 3.63) is 18.2 Å². The van der Waals surface area contributed by atoms with E-state index in [1.807, 2.05) is 18.2 Å². The maximum atomic E-state index is 5.75. The maximum absolute atomic E-state index is 5.75. The lowest BCUT2D eigenvalue weighted by molar-refractivity contribution is 0.402. The van der Waals surface area contributed by atoms with Crippen LogP contribution in [0.4, 0.5) is 5.69 Å². The van der Waals surface area contributed by atoms with Crippen LogP contribution in [0.1, 0.15) is 13.3 Å². The van der Waals surface area contributed by atoms with E-state index in [9.17, 15) is 0 Å². The molecule has 0 saturated carbocycles. The Labute approximate surface area is 110 Å². The zero-order valence-electron chi connectivity index (χ0n) is 11.8. The number of ether oxygens (including phenoxy) is 2. The molecular weight excluding hydrogens is 228 g/mol. The van der Waals surface area contributed by atoms with Gasteiger partial charge in [-0.15, -0.1) is 0 Å². The van der Waals surface area contributed by atoms with Crippen LogP contribution < -0.4 is 20.1 Å². The van der Waals surface area contributed by atoms with Crippen LogP contribution in [-0.2, 0) is 0 Å². The first-order valence-corrected chi connectivity index (χ1v) is 6.29. The molecule has 0 radical (unpaired) electrons. The van der Waals surface area contributed by atoms with Gasteiger partial charge in [0.15, 0.2) is 0 Å². The molecule has 0 bridgehead atoms. The van der Waals surface area contributed by atoms with E-state index in [-0.39, 0.29) is 0 Å². The van der Waals surface area contributed by atoms with Crippen LogP contribution in [0.3, 0.4) is 0 Å². The zero-order chi connectivity index (χ0) is 13.5. The van der Waals surface area contributed by atoms with Crippen LogP contribution in [0.2, 0.25) is 0 Å². The highest BCUT2D eigenvalue weighted by molar-refractivity contribution is 5.61. The Hall–Kier alpha value is -1.42. The van der Waals surface area contributed by atoms with Gasteiger partial charge >= 0.3 is 0 Å². The van der Waals surface area contributed by atoms with Crippen LogP contribution >= 0.6 is 0 Å². The summed E-state index contributed by atoms with van der Waals surface area (Å²) in [5.41, 5.74) is 6.78. The minimum atomic E-state index is 0.492. The summed E-state index contributed by atoms with van der Waals surface area (Å²) in [6, 6.07) is 5.81. The summed E-state index contributed by atoms with van der Waals surface area (Å²) >= 11 is 0. The first-order valence-electron chi connectivity index (χ1n) is 6.29. The van der Waals surface area contributed by atoms with Gasteiger partial charge in [0.2, 0.25) is 0 Å². The summed E-state index contributed by atoms with van der Waals surface area (Å²) in [6.45, 7) is 3.78. The lowest BCUT2D eigenvalue weighted by Crippen LogP contribution is -2.29. The largest absolute Gasteiger partial charge is 0.497 e. The van der Waals surface area contributed by atoms with Gasteiger partial charge < -0.3 is 20.1 Å². The SMILES string of the molecule is CCC(CN)CN(C)c1cc(OC)ccc1OC. The summed E-state index contributed by atoms with van der Waals surface area (Å²) < 4.78 is 10.6. The summed E-state index contributed by atoms with van der Waals surface area (Å²) in [5.74, 6) is 2.18. The molecule has 0 spiro atoms. The Morgan fingerprint density at radius 1 is 1.28 bits per heavy atom. The van der Waals surface area contributed by atoms with Gasteiger partial charge in [-0.25, -0.2) is 0 Å². The van der Waals surface area contributed by atoms with E-state index in [0.717, 1.165) is 30.2 Å². The Morgan fingerprint density at radius 3 is 2.50 bits per heavy atom. The number of benzene rings is 1. The molecule has 0 amide bonds. The second-order valence-corrected chi connectivity index (χ2v) is 4.43. The number of nitrogens with two attached hydrogens (primary N) is 1. The zero-order valence-corrected chi connectivity index (χ0v) is 11.8. The van der Waals surface area contributed by atoms with E-state index >= 15 is 0 Å². The number of rotatable bonds is 7. The molecule has 0 aliphatic carbocycles. The molecule has 1 aromatic carbocycles. The molecule has 4 heteroatoms. The van der Waals surface area contributed by atoms with E-state index in [2.05, 4.69) is 18.9 Å². The summed E-state index contributed by atoms with van der Waals surface area (Å²) in [6.07, 6.45) is 1.08. The van der Waals surface area contributed by atoms with E-state index < -0.39 is 0 Å². The molecule has 0 heterocycles. The van der Waals surface area contributed by atoms with Crippen molar-refractivity contribution in [1.29, 1.82) is 0 Å². The molecule has 18 heavy (non-hydrogen) atoms.